The molecule has 4 amide bonds. The number of carbonyl (C=O) groups excluding carboxylic acids is 5. The maximum atomic E-state index is 13.8. The molecule has 11 heteroatoms. The Morgan fingerprint density at radius 2 is 1.80 bits per heavy atom. The second-order valence-corrected chi connectivity index (χ2v) is 10.8. The number of para-hydroxylation sites is 1. The van der Waals surface area contributed by atoms with Crippen molar-refractivity contribution < 1.29 is 28.7 Å². The summed E-state index contributed by atoms with van der Waals surface area (Å²) in [7, 11) is 1.32. The smallest absolute Gasteiger partial charge is 0.325 e. The van der Waals surface area contributed by atoms with Crippen LogP contribution in [0.3, 0.4) is 0 Å². The summed E-state index contributed by atoms with van der Waals surface area (Å²) in [5.41, 5.74) is 1.53. The molecule has 1 aromatic heterocycles. The van der Waals surface area contributed by atoms with Crippen LogP contribution in [0.5, 0.6) is 0 Å². The average molecular weight is 554 g/mol. The first-order chi connectivity index (χ1) is 19.1. The average Bonchev–Trinajstić information content (AvgIpc) is 3.30. The molecule has 3 N–H and O–H groups in total. The van der Waals surface area contributed by atoms with Gasteiger partial charge in [-0.3, -0.25) is 24.0 Å². The maximum absolute atomic E-state index is 13.8. The first-order valence-electron chi connectivity index (χ1n) is 14.0. The number of rotatable bonds is 6. The standard InChI is InChI=1S/C29H39N5O6/c1-5-17(2)25-29(39)34-13-9-8-12-23(34)28(38)30-18(3)26(36)31-21(27(37)32-25)14-19-15-33(16-24(35)40-4)22-11-7-6-10-20(19)22/h6-7,10-11,15,17-18,21,23,25H,5,8-9,12-14,16H2,1-4H3,(H,30,38)(H,31,36)(H,32,37)/t17?,18-,21?,23+,25-/m0/s1. The molecule has 1 aromatic carbocycles. The number of benzene rings is 1. The van der Waals surface area contributed by atoms with E-state index < -0.39 is 42.0 Å². The summed E-state index contributed by atoms with van der Waals surface area (Å²) < 4.78 is 6.58. The Labute approximate surface area is 234 Å². The number of amides is 4. The number of fused-ring (bicyclic) bond motifs is 2. The fourth-order valence-electron chi connectivity index (χ4n) is 5.50. The Balaban J connectivity index is 1.70. The van der Waals surface area contributed by atoms with Crippen LogP contribution in [0.15, 0.2) is 30.5 Å². The summed E-state index contributed by atoms with van der Waals surface area (Å²) in [5.74, 6) is -2.24. The summed E-state index contributed by atoms with van der Waals surface area (Å²) in [6.45, 7) is 5.81. The van der Waals surface area contributed by atoms with Gasteiger partial charge in [-0.2, -0.15) is 0 Å². The summed E-state index contributed by atoms with van der Waals surface area (Å²) in [6, 6.07) is 4.00. The molecule has 0 radical (unpaired) electrons. The predicted molar refractivity (Wildman–Crippen MR) is 148 cm³/mol. The summed E-state index contributed by atoms with van der Waals surface area (Å²) in [6.07, 6.45) is 4.60. The predicted octanol–water partition coefficient (Wildman–Crippen LogP) is 1.27. The number of hydrogen-bond acceptors (Lipinski definition) is 6. The van der Waals surface area contributed by atoms with E-state index in [2.05, 4.69) is 16.0 Å². The fourth-order valence-corrected chi connectivity index (χ4v) is 5.50. The minimum Gasteiger partial charge on any atom is -0.468 e. The van der Waals surface area contributed by atoms with E-state index in [9.17, 15) is 24.0 Å². The van der Waals surface area contributed by atoms with E-state index in [1.54, 1.807) is 22.6 Å². The molecule has 5 atom stereocenters. The van der Waals surface area contributed by atoms with Gasteiger partial charge in [0.2, 0.25) is 23.6 Å². The highest BCUT2D eigenvalue weighted by Crippen LogP contribution is 2.24. The van der Waals surface area contributed by atoms with Crippen molar-refractivity contribution in [2.75, 3.05) is 13.7 Å². The maximum Gasteiger partial charge on any atom is 0.325 e. The lowest BCUT2D eigenvalue weighted by molar-refractivity contribution is -0.147. The Bertz CT molecular complexity index is 1290. The van der Waals surface area contributed by atoms with Crippen LogP contribution in [0.25, 0.3) is 10.9 Å². The summed E-state index contributed by atoms with van der Waals surface area (Å²) >= 11 is 0. The van der Waals surface area contributed by atoms with Crippen LogP contribution < -0.4 is 16.0 Å². The number of piperidine rings is 1. The molecule has 0 aliphatic carbocycles. The van der Waals surface area contributed by atoms with Gasteiger partial charge in [-0.25, -0.2) is 0 Å². The number of ether oxygens (including phenoxy) is 1. The lowest BCUT2D eigenvalue weighted by Crippen LogP contribution is -2.64. The number of hydrogen-bond donors (Lipinski definition) is 3. The van der Waals surface area contributed by atoms with Gasteiger partial charge < -0.3 is 30.2 Å². The molecule has 2 fully saturated rings. The van der Waals surface area contributed by atoms with Gasteiger partial charge in [0.1, 0.15) is 30.7 Å². The quantitative estimate of drug-likeness (QED) is 0.461. The van der Waals surface area contributed by atoms with Crippen molar-refractivity contribution in [1.82, 2.24) is 25.4 Å². The third kappa shape index (κ3) is 6.13. The topological polar surface area (TPSA) is 139 Å². The highest BCUT2D eigenvalue weighted by molar-refractivity contribution is 5.98. The van der Waals surface area contributed by atoms with E-state index in [4.69, 9.17) is 4.74 Å². The van der Waals surface area contributed by atoms with Crippen LogP contribution in [0.1, 0.15) is 52.0 Å². The van der Waals surface area contributed by atoms with Crippen molar-refractivity contribution in [1.29, 1.82) is 0 Å². The third-order valence-electron chi connectivity index (χ3n) is 8.07. The van der Waals surface area contributed by atoms with Crippen molar-refractivity contribution >= 4 is 40.5 Å². The Morgan fingerprint density at radius 1 is 1.05 bits per heavy atom. The fraction of sp³-hybridized carbons (Fsp3) is 0.552. The van der Waals surface area contributed by atoms with E-state index in [-0.39, 0.29) is 30.7 Å². The van der Waals surface area contributed by atoms with Gasteiger partial charge in [0.25, 0.3) is 0 Å². The van der Waals surface area contributed by atoms with Gasteiger partial charge >= 0.3 is 5.97 Å². The zero-order valence-electron chi connectivity index (χ0n) is 23.6. The van der Waals surface area contributed by atoms with E-state index in [0.717, 1.165) is 29.3 Å². The summed E-state index contributed by atoms with van der Waals surface area (Å²) in [4.78, 5) is 67.6. The second kappa shape index (κ2) is 12.5. The molecule has 216 valence electrons. The van der Waals surface area contributed by atoms with Gasteiger partial charge in [-0.15, -0.1) is 0 Å². The number of methoxy groups -OCH3 is 1. The third-order valence-corrected chi connectivity index (χ3v) is 8.07. The Morgan fingerprint density at radius 3 is 2.52 bits per heavy atom. The SMILES string of the molecule is CCC(C)[C@@H]1NC(=O)C(Cc2cn(CC(=O)OC)c3ccccc23)NC(=O)[C@H](C)NC(=O)[C@H]2CCCCN2C1=O. The van der Waals surface area contributed by atoms with Crippen molar-refractivity contribution in [2.24, 2.45) is 5.92 Å². The van der Waals surface area contributed by atoms with Crippen molar-refractivity contribution in [3.63, 3.8) is 0 Å². The largest absolute Gasteiger partial charge is 0.468 e. The molecule has 0 bridgehead atoms. The molecule has 11 nitrogen and oxygen atoms in total. The molecule has 3 heterocycles. The monoisotopic (exact) mass is 553 g/mol. The molecule has 0 spiro atoms. The van der Waals surface area contributed by atoms with Crippen LogP contribution in [-0.4, -0.2) is 76.9 Å². The van der Waals surface area contributed by atoms with E-state index in [1.807, 2.05) is 38.1 Å². The number of nitrogens with zero attached hydrogens (tertiary/aromatic N) is 2. The Hall–Kier alpha value is -3.89. The molecular formula is C29H39N5O6. The first-order valence-corrected chi connectivity index (χ1v) is 14.0. The van der Waals surface area contributed by atoms with E-state index in [0.29, 0.717) is 19.4 Å². The lowest BCUT2D eigenvalue weighted by Gasteiger charge is -2.39. The molecule has 0 saturated carbocycles. The number of carbonyl (C=O) groups is 5. The van der Waals surface area contributed by atoms with Crippen LogP contribution in [-0.2, 0) is 41.7 Å². The molecular weight excluding hydrogens is 514 g/mol. The molecule has 4 rings (SSSR count). The van der Waals surface area contributed by atoms with Crippen molar-refractivity contribution in [2.45, 2.75) is 83.6 Å². The van der Waals surface area contributed by atoms with Crippen LogP contribution in [0, 0.1) is 5.92 Å². The van der Waals surface area contributed by atoms with Crippen LogP contribution in [0.4, 0.5) is 0 Å². The van der Waals surface area contributed by atoms with Gasteiger partial charge in [0, 0.05) is 30.1 Å². The highest BCUT2D eigenvalue weighted by Gasteiger charge is 2.40. The van der Waals surface area contributed by atoms with Crippen molar-refractivity contribution in [3.8, 4) is 0 Å². The lowest BCUT2D eigenvalue weighted by atomic mass is 9.93. The van der Waals surface area contributed by atoms with Crippen LogP contribution in [0.2, 0.25) is 0 Å². The second-order valence-electron chi connectivity index (χ2n) is 10.8. The van der Waals surface area contributed by atoms with Crippen LogP contribution >= 0.6 is 0 Å². The minimum atomic E-state index is -1.03. The number of nitrogens with one attached hydrogen (secondary N) is 3. The molecule has 2 aromatic rings. The zero-order valence-corrected chi connectivity index (χ0v) is 23.6. The minimum absolute atomic E-state index is 0.00903. The van der Waals surface area contributed by atoms with E-state index in [1.165, 1.54) is 7.11 Å². The summed E-state index contributed by atoms with van der Waals surface area (Å²) in [5, 5.41) is 9.31. The molecule has 2 aliphatic heterocycles. The van der Waals surface area contributed by atoms with Gasteiger partial charge in [-0.05, 0) is 43.7 Å². The number of aromatic nitrogens is 1. The zero-order chi connectivity index (χ0) is 29.0. The number of esters is 1. The normalized spacial score (nSPS) is 25.1. The highest BCUT2D eigenvalue weighted by atomic mass is 16.5. The van der Waals surface area contributed by atoms with E-state index >= 15 is 0 Å². The molecule has 2 unspecified atom stereocenters. The molecule has 2 saturated heterocycles. The van der Waals surface area contributed by atoms with Crippen molar-refractivity contribution in [3.05, 3.63) is 36.0 Å². The van der Waals surface area contributed by atoms with Gasteiger partial charge in [0.05, 0.1) is 7.11 Å². The molecule has 40 heavy (non-hydrogen) atoms. The molecule has 2 aliphatic rings. The Kier molecular flexibility index (Phi) is 9.11. The first kappa shape index (κ1) is 29.1. The van der Waals surface area contributed by atoms with Gasteiger partial charge in [0.15, 0.2) is 0 Å². The van der Waals surface area contributed by atoms with Gasteiger partial charge in [-0.1, -0.05) is 38.5 Å².